The molecular weight excluding hydrogens is 793 g/mol. The smallest absolute Gasteiger partial charge is 0.0123 e. The second-order valence-electron chi connectivity index (χ2n) is 29.1. The van der Waals surface area contributed by atoms with Crippen molar-refractivity contribution in [3.8, 4) is 0 Å². The summed E-state index contributed by atoms with van der Waals surface area (Å²) < 4.78 is 0. The molecule has 1 aromatic carbocycles. The fourth-order valence-electron chi connectivity index (χ4n) is 18.5. The molecule has 0 heteroatoms. The van der Waals surface area contributed by atoms with Gasteiger partial charge < -0.3 is 0 Å². The van der Waals surface area contributed by atoms with E-state index in [-0.39, 0.29) is 0 Å². The average molecular weight is 908 g/mol. The topological polar surface area (TPSA) is 0 Å². The largest absolute Gasteiger partial charge is 0.0625 e. The molecule has 0 amide bonds. The lowest BCUT2D eigenvalue weighted by Gasteiger charge is -2.53. The number of hydrogen-bond acceptors (Lipinski definition) is 0. The van der Waals surface area contributed by atoms with Crippen LogP contribution < -0.4 is 0 Å². The van der Waals surface area contributed by atoms with Crippen molar-refractivity contribution in [2.24, 2.45) is 107 Å². The lowest BCUT2D eigenvalue weighted by atomic mass is 9.52. The standard InChI is InChI=1S/C66H114/c1-37(2)49-25-19-43(13)31-55(49)61-62(56-32-44(14)20-26-50(56)38(3)4)64(58-34-46(16)22-28-52(58)40(7)8)66(60-36-48(18)24-30-54(60)42(11)12)65(59-35-47(17)23-29-53(59)41(9)10)63(61)57-33-45(15)21-27-51(57)39(5)6/h37-60H,19-36H2,1-18H3. The van der Waals surface area contributed by atoms with Crippen LogP contribution in [0.5, 0.6) is 0 Å². The van der Waals surface area contributed by atoms with Gasteiger partial charge in [0.05, 0.1) is 0 Å². The molecular formula is C66H114. The summed E-state index contributed by atoms with van der Waals surface area (Å²) in [6, 6.07) is 0. The molecule has 7 rings (SSSR count). The van der Waals surface area contributed by atoms with Crippen LogP contribution in [0, 0.1) is 107 Å². The first-order chi connectivity index (χ1) is 31.2. The van der Waals surface area contributed by atoms with Crippen LogP contribution in [0.1, 0.15) is 309 Å². The Hall–Kier alpha value is -0.780. The van der Waals surface area contributed by atoms with Gasteiger partial charge >= 0.3 is 0 Å². The van der Waals surface area contributed by atoms with Gasteiger partial charge in [0.2, 0.25) is 0 Å². The molecule has 1 aromatic rings. The van der Waals surface area contributed by atoms with Crippen molar-refractivity contribution in [1.29, 1.82) is 0 Å². The van der Waals surface area contributed by atoms with Gasteiger partial charge in [-0.25, -0.2) is 0 Å². The Kier molecular flexibility index (Phi) is 17.9. The van der Waals surface area contributed by atoms with Gasteiger partial charge in [0.1, 0.15) is 0 Å². The summed E-state index contributed by atoms with van der Waals surface area (Å²) in [6.07, 6.45) is 25.9. The molecule has 0 bridgehead atoms. The molecule has 0 spiro atoms. The van der Waals surface area contributed by atoms with Crippen molar-refractivity contribution in [2.45, 2.75) is 276 Å². The summed E-state index contributed by atoms with van der Waals surface area (Å²) in [5.74, 6) is 18.2. The maximum absolute atomic E-state index is 2.70. The fourth-order valence-corrected chi connectivity index (χ4v) is 18.5. The third-order valence-electron chi connectivity index (χ3n) is 22.1. The normalized spacial score (nSPS) is 40.9. The van der Waals surface area contributed by atoms with Gasteiger partial charge in [0, 0.05) is 0 Å². The van der Waals surface area contributed by atoms with Gasteiger partial charge in [-0.2, -0.15) is 0 Å². The van der Waals surface area contributed by atoms with Crippen LogP contribution in [-0.4, -0.2) is 0 Å². The number of benzene rings is 1. The Morgan fingerprint density at radius 3 is 0.439 bits per heavy atom. The molecule has 0 radical (unpaired) electrons. The van der Waals surface area contributed by atoms with Crippen molar-refractivity contribution in [3.63, 3.8) is 0 Å². The molecule has 6 saturated carbocycles. The molecule has 0 saturated heterocycles. The van der Waals surface area contributed by atoms with Gasteiger partial charge in [0.25, 0.3) is 0 Å². The van der Waals surface area contributed by atoms with Crippen LogP contribution in [0.25, 0.3) is 0 Å². The van der Waals surface area contributed by atoms with Crippen molar-refractivity contribution in [1.82, 2.24) is 0 Å². The molecule has 6 aliphatic rings. The third kappa shape index (κ3) is 11.0. The van der Waals surface area contributed by atoms with Crippen molar-refractivity contribution < 1.29 is 0 Å². The molecule has 66 heavy (non-hydrogen) atoms. The molecule has 18 atom stereocenters. The quantitative estimate of drug-likeness (QED) is 0.196. The first kappa shape index (κ1) is 53.0. The van der Waals surface area contributed by atoms with Gasteiger partial charge in [-0.15, -0.1) is 0 Å². The van der Waals surface area contributed by atoms with Gasteiger partial charge in [-0.05, 0) is 252 Å². The molecule has 6 fully saturated rings. The highest BCUT2D eigenvalue weighted by Crippen LogP contribution is 2.64. The highest BCUT2D eigenvalue weighted by molar-refractivity contribution is 5.61. The molecule has 6 aliphatic carbocycles. The van der Waals surface area contributed by atoms with Crippen molar-refractivity contribution in [2.75, 3.05) is 0 Å². The minimum atomic E-state index is 0.698. The summed E-state index contributed by atoms with van der Waals surface area (Å²) >= 11 is 0. The zero-order valence-electron chi connectivity index (χ0n) is 47.6. The predicted molar refractivity (Wildman–Crippen MR) is 291 cm³/mol. The molecule has 0 heterocycles. The van der Waals surface area contributed by atoms with E-state index in [4.69, 9.17) is 0 Å². The highest BCUT2D eigenvalue weighted by Gasteiger charge is 2.51. The molecule has 18 unspecified atom stereocenters. The average Bonchev–Trinajstić information content (AvgIpc) is 3.24. The number of hydrogen-bond donors (Lipinski definition) is 0. The van der Waals surface area contributed by atoms with E-state index in [9.17, 15) is 0 Å². The SMILES string of the molecule is CC1CCC(C(C)C)C(c2c(C3CC(C)CCC3C(C)C)c(C3CC(C)CCC3C(C)C)c(C3CC(C)CCC3C(C)C)c(C3CC(C)CCC3C(C)C)c2C2CC(C)CCC2C(C)C)C1. The van der Waals surface area contributed by atoms with Gasteiger partial charge in [0.15, 0.2) is 0 Å². The Morgan fingerprint density at radius 2 is 0.333 bits per heavy atom. The van der Waals surface area contributed by atoms with Crippen LogP contribution in [-0.2, 0) is 0 Å². The highest BCUT2D eigenvalue weighted by atomic mass is 14.6. The number of rotatable bonds is 12. The first-order valence-electron chi connectivity index (χ1n) is 30.4. The Labute approximate surface area is 413 Å². The first-order valence-corrected chi connectivity index (χ1v) is 30.4. The van der Waals surface area contributed by atoms with Crippen LogP contribution >= 0.6 is 0 Å². The second kappa shape index (κ2) is 22.3. The van der Waals surface area contributed by atoms with E-state index < -0.39 is 0 Å². The maximum atomic E-state index is 2.70. The summed E-state index contributed by atoms with van der Waals surface area (Å²) in [7, 11) is 0. The van der Waals surface area contributed by atoms with Crippen LogP contribution in [0.15, 0.2) is 0 Å². The van der Waals surface area contributed by atoms with E-state index in [0.717, 1.165) is 107 Å². The zero-order chi connectivity index (χ0) is 48.0. The lowest BCUT2D eigenvalue weighted by Crippen LogP contribution is -2.40. The summed E-state index contributed by atoms with van der Waals surface area (Å²) in [5.41, 5.74) is 12.6. The van der Waals surface area contributed by atoms with Crippen LogP contribution in [0.3, 0.4) is 0 Å². The molecule has 0 aliphatic heterocycles. The Bertz CT molecular complexity index is 1350. The fraction of sp³-hybridized carbons (Fsp3) is 0.909. The van der Waals surface area contributed by atoms with Crippen molar-refractivity contribution in [3.05, 3.63) is 33.4 Å². The van der Waals surface area contributed by atoms with Crippen molar-refractivity contribution >= 4 is 0 Å². The van der Waals surface area contributed by atoms with E-state index >= 15 is 0 Å². The third-order valence-corrected chi connectivity index (χ3v) is 22.1. The Morgan fingerprint density at radius 1 is 0.212 bits per heavy atom. The monoisotopic (exact) mass is 907 g/mol. The van der Waals surface area contributed by atoms with Gasteiger partial charge in [-0.1, -0.05) is 163 Å². The van der Waals surface area contributed by atoms with E-state index in [1.165, 1.54) is 116 Å². The van der Waals surface area contributed by atoms with E-state index in [0.29, 0.717) is 35.5 Å². The lowest BCUT2D eigenvalue weighted by molar-refractivity contribution is 0.157. The molecule has 0 nitrogen and oxygen atoms in total. The van der Waals surface area contributed by atoms with E-state index in [1.807, 2.05) is 0 Å². The Balaban J connectivity index is 1.81. The minimum Gasteiger partial charge on any atom is -0.0625 e. The van der Waals surface area contributed by atoms with E-state index in [2.05, 4.69) is 158 Å². The van der Waals surface area contributed by atoms with Crippen LogP contribution in [0.2, 0.25) is 0 Å². The second-order valence-corrected chi connectivity index (χ2v) is 29.1. The van der Waals surface area contributed by atoms with E-state index in [1.54, 1.807) is 0 Å². The summed E-state index contributed by atoms with van der Waals surface area (Å²) in [6.45, 7) is 48.3. The predicted octanol–water partition coefficient (Wildman–Crippen LogP) is 20.7. The summed E-state index contributed by atoms with van der Waals surface area (Å²) in [5, 5.41) is 0. The van der Waals surface area contributed by atoms with Gasteiger partial charge in [-0.3, -0.25) is 0 Å². The van der Waals surface area contributed by atoms with Crippen LogP contribution in [0.4, 0.5) is 0 Å². The summed E-state index contributed by atoms with van der Waals surface area (Å²) in [4.78, 5) is 0. The molecule has 0 N–H and O–H groups in total. The minimum absolute atomic E-state index is 0.698. The molecule has 0 aromatic heterocycles. The maximum Gasteiger partial charge on any atom is -0.0123 e. The zero-order valence-corrected chi connectivity index (χ0v) is 47.6. The molecule has 378 valence electrons.